The van der Waals surface area contributed by atoms with Crippen LogP contribution < -0.4 is 9.57 Å². The third-order valence-corrected chi connectivity index (χ3v) is 3.79. The molecule has 0 bridgehead atoms. The highest BCUT2D eigenvalue weighted by Gasteiger charge is 2.22. The lowest BCUT2D eigenvalue weighted by molar-refractivity contribution is -0.131. The lowest BCUT2D eigenvalue weighted by Crippen LogP contribution is -2.42. The topological polar surface area (TPSA) is 67.4 Å². The van der Waals surface area contributed by atoms with Gasteiger partial charge in [0.15, 0.2) is 0 Å². The summed E-state index contributed by atoms with van der Waals surface area (Å²) >= 11 is 8.56. The van der Waals surface area contributed by atoms with Crippen LogP contribution in [-0.4, -0.2) is 47.0 Å². The third-order valence-electron chi connectivity index (χ3n) is 3.25. The van der Waals surface area contributed by atoms with Crippen LogP contribution in [0, 0.1) is 5.92 Å². The largest absolute Gasteiger partial charge is 0.476 e. The van der Waals surface area contributed by atoms with E-state index in [0.29, 0.717) is 23.0 Å². The van der Waals surface area contributed by atoms with Crippen LogP contribution in [0.4, 0.5) is 0 Å². The summed E-state index contributed by atoms with van der Waals surface area (Å²) in [5.74, 6) is 1.00. The Morgan fingerprint density at radius 3 is 2.80 bits per heavy atom. The maximum absolute atomic E-state index is 11.6. The van der Waals surface area contributed by atoms with E-state index in [1.807, 2.05) is 4.90 Å². The van der Waals surface area contributed by atoms with Crippen LogP contribution in [0.3, 0.4) is 0 Å². The van der Waals surface area contributed by atoms with Gasteiger partial charge >= 0.3 is 0 Å². The van der Waals surface area contributed by atoms with E-state index in [0.717, 1.165) is 25.9 Å². The molecule has 1 aromatic rings. The van der Waals surface area contributed by atoms with Crippen LogP contribution >= 0.6 is 27.7 Å². The van der Waals surface area contributed by atoms with Crippen molar-refractivity contribution in [3.05, 3.63) is 17.0 Å². The molecule has 6 nitrogen and oxygen atoms in total. The maximum Gasteiger partial charge on any atom is 0.237 e. The molecule has 0 aliphatic carbocycles. The SMILES string of the molecule is O=C(CNCl)N1CCC(COc2cnc(Br)cn2)CC1. The molecule has 1 saturated heterocycles. The number of hydrogen-bond donors (Lipinski definition) is 1. The number of rotatable bonds is 5. The molecule has 2 heterocycles. The van der Waals surface area contributed by atoms with Crippen molar-refractivity contribution in [3.63, 3.8) is 0 Å². The molecule has 1 aromatic heterocycles. The van der Waals surface area contributed by atoms with Gasteiger partial charge in [-0.3, -0.25) is 4.79 Å². The zero-order chi connectivity index (χ0) is 14.4. The van der Waals surface area contributed by atoms with Crippen LogP contribution in [0.2, 0.25) is 0 Å². The van der Waals surface area contributed by atoms with Gasteiger partial charge in [-0.1, -0.05) is 0 Å². The van der Waals surface area contributed by atoms with Crippen molar-refractivity contribution < 1.29 is 9.53 Å². The summed E-state index contributed by atoms with van der Waals surface area (Å²) in [7, 11) is 0. The lowest BCUT2D eigenvalue weighted by atomic mass is 9.98. The molecule has 0 saturated carbocycles. The van der Waals surface area contributed by atoms with Crippen LogP contribution in [0.5, 0.6) is 5.88 Å². The minimum Gasteiger partial charge on any atom is -0.476 e. The van der Waals surface area contributed by atoms with Gasteiger partial charge in [-0.15, -0.1) is 0 Å². The van der Waals surface area contributed by atoms with E-state index in [1.165, 1.54) is 0 Å². The minimum atomic E-state index is 0.0399. The van der Waals surface area contributed by atoms with Gasteiger partial charge in [0.25, 0.3) is 0 Å². The highest BCUT2D eigenvalue weighted by Crippen LogP contribution is 2.18. The van der Waals surface area contributed by atoms with Crippen molar-refractivity contribution in [2.75, 3.05) is 26.2 Å². The van der Waals surface area contributed by atoms with E-state index < -0.39 is 0 Å². The van der Waals surface area contributed by atoms with Gasteiger partial charge in [-0.2, -0.15) is 0 Å². The average Bonchev–Trinajstić information content (AvgIpc) is 2.47. The highest BCUT2D eigenvalue weighted by molar-refractivity contribution is 9.10. The Labute approximate surface area is 131 Å². The fraction of sp³-hybridized carbons (Fsp3) is 0.583. The van der Waals surface area contributed by atoms with Gasteiger partial charge in [0.1, 0.15) is 4.60 Å². The summed E-state index contributed by atoms with van der Waals surface area (Å²) in [5.41, 5.74) is 0. The van der Waals surface area contributed by atoms with E-state index >= 15 is 0 Å². The highest BCUT2D eigenvalue weighted by atomic mass is 79.9. The van der Waals surface area contributed by atoms with E-state index in [2.05, 4.69) is 30.7 Å². The first-order valence-corrected chi connectivity index (χ1v) is 7.57. The molecule has 0 aromatic carbocycles. The van der Waals surface area contributed by atoms with E-state index in [1.54, 1.807) is 12.4 Å². The zero-order valence-corrected chi connectivity index (χ0v) is 13.2. The maximum atomic E-state index is 11.6. The van der Waals surface area contributed by atoms with E-state index in [4.69, 9.17) is 16.5 Å². The Hall–Kier alpha value is -0.920. The summed E-state index contributed by atoms with van der Waals surface area (Å²) in [5, 5.41) is 0. The number of halogens is 2. The van der Waals surface area contributed by atoms with Crippen molar-refractivity contribution in [1.82, 2.24) is 19.7 Å². The van der Waals surface area contributed by atoms with Crippen molar-refractivity contribution >= 4 is 33.6 Å². The molecule has 1 aliphatic rings. The molecule has 1 aliphatic heterocycles. The predicted octanol–water partition coefficient (Wildman–Crippen LogP) is 1.60. The lowest BCUT2D eigenvalue weighted by Gasteiger charge is -2.31. The van der Waals surface area contributed by atoms with Crippen LogP contribution in [0.15, 0.2) is 17.0 Å². The summed E-state index contributed by atoms with van der Waals surface area (Å²) < 4.78 is 6.30. The molecule has 0 unspecified atom stereocenters. The molecule has 110 valence electrons. The minimum absolute atomic E-state index is 0.0399. The monoisotopic (exact) mass is 362 g/mol. The van der Waals surface area contributed by atoms with Crippen LogP contribution in [-0.2, 0) is 4.79 Å². The van der Waals surface area contributed by atoms with Crippen molar-refractivity contribution in [2.24, 2.45) is 5.92 Å². The molecule has 0 spiro atoms. The first-order chi connectivity index (χ1) is 9.69. The normalized spacial score (nSPS) is 16.2. The van der Waals surface area contributed by atoms with Crippen molar-refractivity contribution in [1.29, 1.82) is 0 Å². The van der Waals surface area contributed by atoms with Gasteiger partial charge in [-0.05, 0) is 46.5 Å². The molecule has 8 heteroatoms. The average molecular weight is 364 g/mol. The second-order valence-corrected chi connectivity index (χ2v) is 5.70. The van der Waals surface area contributed by atoms with Gasteiger partial charge in [0.2, 0.25) is 11.8 Å². The van der Waals surface area contributed by atoms with Crippen LogP contribution in [0.25, 0.3) is 0 Å². The molecular formula is C12H16BrClN4O2. The van der Waals surface area contributed by atoms with Gasteiger partial charge < -0.3 is 9.64 Å². The van der Waals surface area contributed by atoms with Gasteiger partial charge in [0.05, 0.1) is 25.5 Å². The fourth-order valence-electron chi connectivity index (χ4n) is 2.10. The van der Waals surface area contributed by atoms with Gasteiger partial charge in [-0.25, -0.2) is 14.8 Å². The van der Waals surface area contributed by atoms with Crippen molar-refractivity contribution in [3.8, 4) is 5.88 Å². The number of hydrogen-bond acceptors (Lipinski definition) is 5. The number of aromatic nitrogens is 2. The van der Waals surface area contributed by atoms with Crippen molar-refractivity contribution in [2.45, 2.75) is 12.8 Å². The zero-order valence-electron chi connectivity index (χ0n) is 10.9. The number of nitrogens with zero attached hydrogens (tertiary/aromatic N) is 3. The molecule has 1 fully saturated rings. The Bertz CT molecular complexity index is 438. The number of amides is 1. The number of nitrogens with one attached hydrogen (secondary N) is 1. The smallest absolute Gasteiger partial charge is 0.237 e. The number of piperidine rings is 1. The second-order valence-electron chi connectivity index (χ2n) is 4.62. The summed E-state index contributed by atoms with van der Waals surface area (Å²) in [6, 6.07) is 0. The Kier molecular flexibility index (Phi) is 6.00. The predicted molar refractivity (Wildman–Crippen MR) is 78.4 cm³/mol. The third kappa shape index (κ3) is 4.57. The standard InChI is InChI=1S/C12H16BrClN4O2/c13-10-5-16-11(6-15-10)20-8-9-1-3-18(4-2-9)12(19)7-17-14/h5-6,9,17H,1-4,7-8H2. The van der Waals surface area contributed by atoms with E-state index in [9.17, 15) is 4.79 Å². The molecular weight excluding hydrogens is 348 g/mol. The summed E-state index contributed by atoms with van der Waals surface area (Å²) in [4.78, 5) is 24.0. The number of carbonyl (C=O) groups excluding carboxylic acids is 1. The van der Waals surface area contributed by atoms with Crippen LogP contribution in [0.1, 0.15) is 12.8 Å². The molecule has 2 rings (SSSR count). The first kappa shape index (κ1) is 15.5. The Morgan fingerprint density at radius 1 is 1.45 bits per heavy atom. The fourth-order valence-corrected chi connectivity index (χ4v) is 2.42. The Morgan fingerprint density at radius 2 is 2.20 bits per heavy atom. The summed E-state index contributed by atoms with van der Waals surface area (Å²) in [6.07, 6.45) is 5.06. The molecule has 20 heavy (non-hydrogen) atoms. The summed E-state index contributed by atoms with van der Waals surface area (Å²) in [6.45, 7) is 2.28. The molecule has 0 atom stereocenters. The Balaban J connectivity index is 1.72. The first-order valence-electron chi connectivity index (χ1n) is 6.40. The quantitative estimate of drug-likeness (QED) is 0.805. The number of ether oxygens (including phenoxy) is 1. The molecule has 1 amide bonds. The number of carbonyl (C=O) groups is 1. The van der Waals surface area contributed by atoms with Gasteiger partial charge in [0, 0.05) is 13.1 Å². The number of likely N-dealkylation sites (tertiary alicyclic amines) is 1. The molecule has 0 radical (unpaired) electrons. The second kappa shape index (κ2) is 7.75. The molecule has 1 N–H and O–H groups in total. The van der Waals surface area contributed by atoms with E-state index in [-0.39, 0.29) is 12.5 Å².